The number of aromatic carboxylic acids is 1. The first-order chi connectivity index (χ1) is 9.10. The highest BCUT2D eigenvalue weighted by molar-refractivity contribution is 7.11. The summed E-state index contributed by atoms with van der Waals surface area (Å²) in [5.74, 6) is -0.591. The topological polar surface area (TPSA) is 88.2 Å². The second-order valence-electron chi connectivity index (χ2n) is 4.10. The fraction of sp³-hybridized carbons (Fsp3) is 0.417. The maximum Gasteiger partial charge on any atom is 0.358 e. The van der Waals surface area contributed by atoms with Gasteiger partial charge in [0.25, 0.3) is 0 Å². The first-order valence-electron chi connectivity index (χ1n) is 5.97. The molecule has 2 rings (SSSR count). The normalized spacial score (nSPS) is 12.5. The minimum Gasteiger partial charge on any atom is -0.476 e. The SMILES string of the molecule is CCc1cnc(C(C)NCc2cc(C(=O)O)no2)s1. The summed E-state index contributed by atoms with van der Waals surface area (Å²) in [5.41, 5.74) is -0.0769. The monoisotopic (exact) mass is 281 g/mol. The molecule has 0 aliphatic carbocycles. The van der Waals surface area contributed by atoms with Crippen LogP contribution in [-0.2, 0) is 13.0 Å². The molecule has 0 aliphatic heterocycles. The molecule has 0 saturated heterocycles. The predicted molar refractivity (Wildman–Crippen MR) is 70.2 cm³/mol. The number of nitrogens with zero attached hydrogens (tertiary/aromatic N) is 2. The molecule has 0 aliphatic rings. The Bertz CT molecular complexity index is 564. The second-order valence-corrected chi connectivity index (χ2v) is 5.25. The molecule has 6 nitrogen and oxygen atoms in total. The summed E-state index contributed by atoms with van der Waals surface area (Å²) in [4.78, 5) is 16.3. The molecule has 0 aromatic carbocycles. The summed E-state index contributed by atoms with van der Waals surface area (Å²) in [6, 6.07) is 1.50. The third-order valence-electron chi connectivity index (χ3n) is 2.65. The van der Waals surface area contributed by atoms with E-state index in [1.165, 1.54) is 10.9 Å². The highest BCUT2D eigenvalue weighted by Crippen LogP contribution is 2.20. The smallest absolute Gasteiger partial charge is 0.358 e. The summed E-state index contributed by atoms with van der Waals surface area (Å²) in [6.45, 7) is 4.52. The lowest BCUT2D eigenvalue weighted by atomic mass is 10.3. The number of rotatable bonds is 6. The molecule has 2 aromatic rings. The Morgan fingerprint density at radius 2 is 2.42 bits per heavy atom. The van der Waals surface area contributed by atoms with Crippen LogP contribution in [0.3, 0.4) is 0 Å². The van der Waals surface area contributed by atoms with Crippen LogP contribution in [0.25, 0.3) is 0 Å². The van der Waals surface area contributed by atoms with Crippen molar-refractivity contribution in [3.8, 4) is 0 Å². The number of carbonyl (C=O) groups is 1. The van der Waals surface area contributed by atoms with Gasteiger partial charge in [-0.2, -0.15) is 0 Å². The van der Waals surface area contributed by atoms with Gasteiger partial charge in [0.05, 0.1) is 12.6 Å². The third-order valence-corrected chi connectivity index (χ3v) is 3.98. The molecule has 0 amide bonds. The van der Waals surface area contributed by atoms with E-state index in [9.17, 15) is 4.79 Å². The predicted octanol–water partition coefficient (Wildman–Crippen LogP) is 2.24. The standard InChI is InChI=1S/C12H15N3O3S/c1-3-9-6-14-11(19-9)7(2)13-5-8-4-10(12(16)17)15-18-8/h4,6-7,13H,3,5H2,1-2H3,(H,16,17). The molecule has 0 saturated carbocycles. The molecule has 0 radical (unpaired) electrons. The number of aryl methyl sites for hydroxylation is 1. The van der Waals surface area contributed by atoms with Crippen molar-refractivity contribution in [2.75, 3.05) is 0 Å². The van der Waals surface area contributed by atoms with E-state index < -0.39 is 5.97 Å². The van der Waals surface area contributed by atoms with Crippen molar-refractivity contribution in [2.45, 2.75) is 32.9 Å². The number of thiazole rings is 1. The van der Waals surface area contributed by atoms with Gasteiger partial charge in [-0.05, 0) is 13.3 Å². The maximum absolute atomic E-state index is 10.7. The van der Waals surface area contributed by atoms with E-state index in [1.54, 1.807) is 11.3 Å². The number of hydrogen-bond acceptors (Lipinski definition) is 6. The summed E-state index contributed by atoms with van der Waals surface area (Å²) in [7, 11) is 0. The molecular formula is C12H15N3O3S. The highest BCUT2D eigenvalue weighted by Gasteiger charge is 2.13. The Morgan fingerprint density at radius 3 is 3.00 bits per heavy atom. The Hall–Kier alpha value is -1.73. The molecule has 2 aromatic heterocycles. The Balaban J connectivity index is 1.92. The molecule has 7 heteroatoms. The summed E-state index contributed by atoms with van der Waals surface area (Å²) >= 11 is 1.67. The van der Waals surface area contributed by atoms with Crippen molar-refractivity contribution >= 4 is 17.3 Å². The number of hydrogen-bond donors (Lipinski definition) is 2. The molecule has 2 N–H and O–H groups in total. The first-order valence-corrected chi connectivity index (χ1v) is 6.78. The van der Waals surface area contributed by atoms with Gasteiger partial charge in [-0.3, -0.25) is 0 Å². The fourth-order valence-corrected chi connectivity index (χ4v) is 2.41. The summed E-state index contributed by atoms with van der Waals surface area (Å²) in [5, 5.41) is 16.4. The van der Waals surface area contributed by atoms with Crippen molar-refractivity contribution in [3.63, 3.8) is 0 Å². The van der Waals surface area contributed by atoms with E-state index >= 15 is 0 Å². The van der Waals surface area contributed by atoms with Crippen LogP contribution in [0.5, 0.6) is 0 Å². The van der Waals surface area contributed by atoms with Gasteiger partial charge in [0.15, 0.2) is 11.5 Å². The molecule has 1 atom stereocenters. The van der Waals surface area contributed by atoms with Gasteiger partial charge < -0.3 is 14.9 Å². The molecule has 1 unspecified atom stereocenters. The Morgan fingerprint density at radius 1 is 1.63 bits per heavy atom. The average molecular weight is 281 g/mol. The molecule has 102 valence electrons. The van der Waals surface area contributed by atoms with Gasteiger partial charge in [-0.25, -0.2) is 9.78 Å². The first kappa shape index (κ1) is 13.7. The lowest BCUT2D eigenvalue weighted by molar-refractivity contribution is 0.0685. The van der Waals surface area contributed by atoms with Crippen LogP contribution in [0.2, 0.25) is 0 Å². The van der Waals surface area contributed by atoms with Crippen LogP contribution in [0.15, 0.2) is 16.8 Å². The van der Waals surface area contributed by atoms with Gasteiger partial charge in [-0.15, -0.1) is 11.3 Å². The minimum absolute atomic E-state index is 0.0769. The zero-order valence-electron chi connectivity index (χ0n) is 10.7. The molecular weight excluding hydrogens is 266 g/mol. The van der Waals surface area contributed by atoms with E-state index in [2.05, 4.69) is 22.4 Å². The largest absolute Gasteiger partial charge is 0.476 e. The quantitative estimate of drug-likeness (QED) is 0.844. The zero-order chi connectivity index (χ0) is 13.8. The van der Waals surface area contributed by atoms with Crippen molar-refractivity contribution in [2.24, 2.45) is 0 Å². The van der Waals surface area contributed by atoms with Gasteiger partial charge in [-0.1, -0.05) is 12.1 Å². The van der Waals surface area contributed by atoms with Crippen molar-refractivity contribution in [3.05, 3.63) is 33.6 Å². The number of carboxylic acids is 1. The van der Waals surface area contributed by atoms with E-state index in [0.717, 1.165) is 11.4 Å². The van der Waals surface area contributed by atoms with Crippen molar-refractivity contribution < 1.29 is 14.4 Å². The van der Waals surface area contributed by atoms with E-state index in [1.807, 2.05) is 13.1 Å². The second kappa shape index (κ2) is 5.94. The minimum atomic E-state index is -1.09. The summed E-state index contributed by atoms with van der Waals surface area (Å²) in [6.07, 6.45) is 2.86. The van der Waals surface area contributed by atoms with Gasteiger partial charge >= 0.3 is 5.97 Å². The van der Waals surface area contributed by atoms with Crippen molar-refractivity contribution in [1.29, 1.82) is 0 Å². The fourth-order valence-electron chi connectivity index (χ4n) is 1.52. The van der Waals surface area contributed by atoms with E-state index in [-0.39, 0.29) is 11.7 Å². The average Bonchev–Trinajstić information content (AvgIpc) is 3.04. The molecule has 0 spiro atoms. The molecule has 2 heterocycles. The van der Waals surface area contributed by atoms with Crippen LogP contribution < -0.4 is 5.32 Å². The Labute approximate surface area is 114 Å². The van der Waals surface area contributed by atoms with E-state index in [0.29, 0.717) is 12.3 Å². The van der Waals surface area contributed by atoms with Gasteiger partial charge in [0.2, 0.25) is 0 Å². The highest BCUT2D eigenvalue weighted by atomic mass is 32.1. The summed E-state index contributed by atoms with van der Waals surface area (Å²) < 4.78 is 4.93. The van der Waals surface area contributed by atoms with Crippen LogP contribution in [0.4, 0.5) is 0 Å². The molecule has 19 heavy (non-hydrogen) atoms. The molecule has 0 fully saturated rings. The molecule has 0 bridgehead atoms. The van der Waals surface area contributed by atoms with Gasteiger partial charge in [0, 0.05) is 17.1 Å². The van der Waals surface area contributed by atoms with Crippen LogP contribution in [0, 0.1) is 0 Å². The lowest BCUT2D eigenvalue weighted by Gasteiger charge is -2.08. The maximum atomic E-state index is 10.7. The lowest BCUT2D eigenvalue weighted by Crippen LogP contribution is -2.17. The van der Waals surface area contributed by atoms with Crippen LogP contribution in [-0.4, -0.2) is 21.2 Å². The Kier molecular flexibility index (Phi) is 4.28. The third kappa shape index (κ3) is 3.39. The van der Waals surface area contributed by atoms with Gasteiger partial charge in [0.1, 0.15) is 5.01 Å². The van der Waals surface area contributed by atoms with Crippen molar-refractivity contribution in [1.82, 2.24) is 15.5 Å². The number of nitrogens with one attached hydrogen (secondary N) is 1. The zero-order valence-corrected chi connectivity index (χ0v) is 11.5. The number of carboxylic acid groups (broad SMARTS) is 1. The van der Waals surface area contributed by atoms with Crippen LogP contribution >= 0.6 is 11.3 Å². The number of aromatic nitrogens is 2. The van der Waals surface area contributed by atoms with E-state index in [4.69, 9.17) is 9.63 Å². The van der Waals surface area contributed by atoms with Crippen LogP contribution in [0.1, 0.15) is 46.0 Å².